The summed E-state index contributed by atoms with van der Waals surface area (Å²) in [5.41, 5.74) is 4.01. The zero-order valence-corrected chi connectivity index (χ0v) is 22.1. The number of nitrogens with zero attached hydrogens (tertiary/aromatic N) is 1. The third kappa shape index (κ3) is 4.88. The van der Waals surface area contributed by atoms with E-state index in [2.05, 4.69) is 22.6 Å². The molecule has 0 bridgehead atoms. The third-order valence-electron chi connectivity index (χ3n) is 5.17. The largest absolute Gasteiger partial charge is 0.264 e. The van der Waals surface area contributed by atoms with Crippen LogP contribution < -0.4 is 4.31 Å². The van der Waals surface area contributed by atoms with Crippen LogP contribution in [0.2, 0.25) is 5.02 Å². The Hall–Kier alpha value is -1.87. The highest BCUT2D eigenvalue weighted by molar-refractivity contribution is 14.1. The second kappa shape index (κ2) is 9.55. The van der Waals surface area contributed by atoms with Crippen molar-refractivity contribution in [2.24, 2.45) is 0 Å². The Balaban J connectivity index is 1.83. The average Bonchev–Trinajstić information content (AvgIpc) is 3.25. The van der Waals surface area contributed by atoms with Crippen LogP contribution in [-0.4, -0.2) is 8.42 Å². The highest BCUT2D eigenvalue weighted by Gasteiger charge is 2.28. The Morgan fingerprint density at radius 3 is 2.41 bits per heavy atom. The van der Waals surface area contributed by atoms with Gasteiger partial charge in [-0.3, -0.25) is 4.31 Å². The van der Waals surface area contributed by atoms with E-state index in [1.54, 1.807) is 19.1 Å². The van der Waals surface area contributed by atoms with E-state index in [0.717, 1.165) is 25.1 Å². The fraction of sp³-hybridized carbons (Fsp3) is 0.120. The quantitative estimate of drug-likeness (QED) is 0.215. The highest BCUT2D eigenvalue weighted by Crippen LogP contribution is 2.36. The molecular formula is C25H21ClINO2S2. The Morgan fingerprint density at radius 2 is 1.69 bits per heavy atom. The van der Waals surface area contributed by atoms with Gasteiger partial charge in [0.25, 0.3) is 10.0 Å². The van der Waals surface area contributed by atoms with Crippen LogP contribution in [0.5, 0.6) is 0 Å². The molecule has 0 radical (unpaired) electrons. The van der Waals surface area contributed by atoms with Crippen molar-refractivity contribution in [1.82, 2.24) is 0 Å². The van der Waals surface area contributed by atoms with Gasteiger partial charge in [0, 0.05) is 18.9 Å². The van der Waals surface area contributed by atoms with Crippen molar-refractivity contribution in [1.29, 1.82) is 0 Å². The lowest BCUT2D eigenvalue weighted by atomic mass is 10.2. The number of rotatable bonds is 6. The van der Waals surface area contributed by atoms with Gasteiger partial charge < -0.3 is 0 Å². The monoisotopic (exact) mass is 593 g/mol. The summed E-state index contributed by atoms with van der Waals surface area (Å²) in [7, 11) is -3.83. The summed E-state index contributed by atoms with van der Waals surface area (Å²) in [6.45, 7) is 3.85. The molecule has 0 aliphatic carbocycles. The van der Waals surface area contributed by atoms with Gasteiger partial charge in [0.05, 0.1) is 17.1 Å². The number of hydrogen-bond donors (Lipinski definition) is 0. The summed E-state index contributed by atoms with van der Waals surface area (Å²) >= 11 is 10.0. The van der Waals surface area contributed by atoms with Gasteiger partial charge in [0.2, 0.25) is 0 Å². The minimum Gasteiger partial charge on any atom is -0.261 e. The van der Waals surface area contributed by atoms with Crippen LogP contribution in [0.4, 0.5) is 5.69 Å². The summed E-state index contributed by atoms with van der Waals surface area (Å²) in [4.78, 5) is 1.30. The number of anilines is 1. The number of sulfonamides is 1. The first-order valence-corrected chi connectivity index (χ1v) is 13.7. The minimum absolute atomic E-state index is 0.241. The van der Waals surface area contributed by atoms with E-state index in [4.69, 9.17) is 11.6 Å². The van der Waals surface area contributed by atoms with Crippen LogP contribution in [0.15, 0.2) is 83.1 Å². The maximum Gasteiger partial charge on any atom is 0.264 e. The molecule has 1 heterocycles. The molecule has 4 rings (SSSR count). The summed E-state index contributed by atoms with van der Waals surface area (Å²) in [6.07, 6.45) is 0. The van der Waals surface area contributed by atoms with E-state index in [0.29, 0.717) is 16.3 Å². The van der Waals surface area contributed by atoms with Crippen LogP contribution >= 0.6 is 45.5 Å². The first-order chi connectivity index (χ1) is 15.3. The number of halogens is 2. The van der Waals surface area contributed by atoms with Gasteiger partial charge >= 0.3 is 0 Å². The minimum atomic E-state index is -3.83. The first kappa shape index (κ1) is 23.3. The van der Waals surface area contributed by atoms with E-state index in [9.17, 15) is 8.42 Å². The standard InChI is InChI=1S/C25H21ClINO2S2/c1-17-12-25(18(2)11-23(17)26)32(29,30)28(15-19-7-6-10-21(27)13-19)22-14-24(31-16-22)20-8-4-3-5-9-20/h3-14,16H,15H2,1-2H3. The molecule has 0 saturated heterocycles. The molecule has 3 aromatic carbocycles. The van der Waals surface area contributed by atoms with Gasteiger partial charge in [-0.2, -0.15) is 0 Å². The van der Waals surface area contributed by atoms with Crippen molar-refractivity contribution in [2.45, 2.75) is 25.3 Å². The number of hydrogen-bond acceptors (Lipinski definition) is 3. The smallest absolute Gasteiger partial charge is 0.261 e. The molecule has 0 amide bonds. The Morgan fingerprint density at radius 1 is 0.938 bits per heavy atom. The summed E-state index contributed by atoms with van der Waals surface area (Å²) < 4.78 is 30.4. The van der Waals surface area contributed by atoms with Crippen molar-refractivity contribution < 1.29 is 8.42 Å². The van der Waals surface area contributed by atoms with Crippen molar-refractivity contribution in [2.75, 3.05) is 4.31 Å². The molecule has 7 heteroatoms. The van der Waals surface area contributed by atoms with E-state index in [1.807, 2.05) is 73.0 Å². The van der Waals surface area contributed by atoms with Crippen molar-refractivity contribution in [3.8, 4) is 10.4 Å². The lowest BCUT2D eigenvalue weighted by Crippen LogP contribution is -2.31. The van der Waals surface area contributed by atoms with E-state index in [-0.39, 0.29) is 11.4 Å². The molecule has 0 unspecified atom stereocenters. The average molecular weight is 594 g/mol. The van der Waals surface area contributed by atoms with Crippen molar-refractivity contribution in [3.05, 3.63) is 103 Å². The summed E-state index contributed by atoms with van der Waals surface area (Å²) in [6, 6.07) is 23.2. The topological polar surface area (TPSA) is 37.4 Å². The molecule has 0 atom stereocenters. The maximum absolute atomic E-state index is 13.9. The normalized spacial score (nSPS) is 11.5. The van der Waals surface area contributed by atoms with Gasteiger partial charge in [-0.1, -0.05) is 54.1 Å². The number of aryl methyl sites for hydroxylation is 2. The molecule has 0 aliphatic heterocycles. The Bertz CT molecular complexity index is 1370. The van der Waals surface area contributed by atoms with Crippen LogP contribution in [0.1, 0.15) is 16.7 Å². The molecular weight excluding hydrogens is 573 g/mol. The van der Waals surface area contributed by atoms with Gasteiger partial charge in [-0.15, -0.1) is 11.3 Å². The lowest BCUT2D eigenvalue weighted by molar-refractivity contribution is 0.589. The first-order valence-electron chi connectivity index (χ1n) is 9.93. The second-order valence-corrected chi connectivity index (χ2v) is 11.9. The highest BCUT2D eigenvalue weighted by atomic mass is 127. The molecule has 0 saturated carbocycles. The molecule has 0 aliphatic rings. The predicted octanol–water partition coefficient (Wildman–Crippen LogP) is 7.69. The van der Waals surface area contributed by atoms with Crippen LogP contribution in [0.3, 0.4) is 0 Å². The van der Waals surface area contributed by atoms with E-state index < -0.39 is 10.0 Å². The second-order valence-electron chi connectivity index (χ2n) is 7.54. The van der Waals surface area contributed by atoms with Crippen LogP contribution in [0, 0.1) is 17.4 Å². The van der Waals surface area contributed by atoms with Gasteiger partial charge in [0.15, 0.2) is 0 Å². The fourth-order valence-electron chi connectivity index (χ4n) is 3.48. The molecule has 32 heavy (non-hydrogen) atoms. The third-order valence-corrected chi connectivity index (χ3v) is 9.13. The van der Waals surface area contributed by atoms with Crippen molar-refractivity contribution in [3.63, 3.8) is 0 Å². The van der Waals surface area contributed by atoms with Gasteiger partial charge in [-0.25, -0.2) is 8.42 Å². The molecule has 4 aromatic rings. The predicted molar refractivity (Wildman–Crippen MR) is 143 cm³/mol. The SMILES string of the molecule is Cc1cc(S(=O)(=O)N(Cc2cccc(I)c2)c2csc(-c3ccccc3)c2)c(C)cc1Cl. The Labute approximate surface area is 211 Å². The Kier molecular flexibility index (Phi) is 6.95. The van der Waals surface area contributed by atoms with E-state index in [1.165, 1.54) is 15.6 Å². The summed E-state index contributed by atoms with van der Waals surface area (Å²) in [5, 5.41) is 2.47. The van der Waals surface area contributed by atoms with Crippen LogP contribution in [0.25, 0.3) is 10.4 Å². The zero-order valence-electron chi connectivity index (χ0n) is 17.5. The van der Waals surface area contributed by atoms with Crippen molar-refractivity contribution >= 4 is 61.2 Å². The maximum atomic E-state index is 13.9. The molecule has 0 N–H and O–H groups in total. The number of benzene rings is 3. The van der Waals surface area contributed by atoms with Crippen LogP contribution in [-0.2, 0) is 16.6 Å². The molecule has 164 valence electrons. The molecule has 0 fully saturated rings. The zero-order chi connectivity index (χ0) is 22.9. The molecule has 1 aromatic heterocycles. The summed E-state index contributed by atoms with van der Waals surface area (Å²) in [5.74, 6) is 0. The lowest BCUT2D eigenvalue weighted by Gasteiger charge is -2.25. The number of thiophene rings is 1. The van der Waals surface area contributed by atoms with E-state index >= 15 is 0 Å². The molecule has 3 nitrogen and oxygen atoms in total. The van der Waals surface area contributed by atoms with Gasteiger partial charge in [-0.05, 0) is 89.0 Å². The fourth-order valence-corrected chi connectivity index (χ4v) is 7.01. The molecule has 0 spiro atoms. The van der Waals surface area contributed by atoms with Gasteiger partial charge in [0.1, 0.15) is 0 Å².